The van der Waals surface area contributed by atoms with E-state index in [9.17, 15) is 20.1 Å². The minimum absolute atomic E-state index is 0.207. The number of nitrogens with zero attached hydrogens (tertiary/aromatic N) is 1. The Labute approximate surface area is 180 Å². The lowest BCUT2D eigenvalue weighted by Crippen LogP contribution is -2.77. The first-order valence-corrected chi connectivity index (χ1v) is 10.8. The van der Waals surface area contributed by atoms with Crippen molar-refractivity contribution in [3.05, 3.63) is 30.1 Å². The number of hydrogen-bond acceptors (Lipinski definition) is 9. The van der Waals surface area contributed by atoms with Crippen LogP contribution in [-0.4, -0.2) is 87.9 Å². The van der Waals surface area contributed by atoms with Crippen molar-refractivity contribution < 1.29 is 34.3 Å². The van der Waals surface area contributed by atoms with Gasteiger partial charge in [-0.3, -0.25) is 9.78 Å². The molecule has 1 aromatic heterocycles. The third-order valence-corrected chi connectivity index (χ3v) is 6.63. The van der Waals surface area contributed by atoms with Gasteiger partial charge in [0.05, 0.1) is 30.4 Å². The fourth-order valence-corrected chi connectivity index (χ4v) is 4.97. The molecule has 3 fully saturated rings. The third kappa shape index (κ3) is 3.86. The van der Waals surface area contributed by atoms with E-state index in [0.29, 0.717) is 6.42 Å². The molecular formula is C21H31N3O7. The van der Waals surface area contributed by atoms with Crippen molar-refractivity contribution in [1.29, 1.82) is 0 Å². The van der Waals surface area contributed by atoms with E-state index in [-0.39, 0.29) is 18.2 Å². The van der Waals surface area contributed by atoms with Crippen molar-refractivity contribution in [2.45, 2.75) is 81.4 Å². The first-order chi connectivity index (χ1) is 14.8. The summed E-state index contributed by atoms with van der Waals surface area (Å²) < 4.78 is 18.0. The summed E-state index contributed by atoms with van der Waals surface area (Å²) >= 11 is 0. The number of carbonyl (C=O) groups is 1. The number of aromatic nitrogens is 1. The van der Waals surface area contributed by atoms with Gasteiger partial charge in [-0.25, -0.2) is 0 Å². The van der Waals surface area contributed by atoms with Crippen LogP contribution in [0.1, 0.15) is 37.2 Å². The van der Waals surface area contributed by atoms with Crippen LogP contribution in [-0.2, 0) is 14.2 Å². The van der Waals surface area contributed by atoms with Crippen LogP contribution < -0.4 is 10.6 Å². The molecule has 0 spiro atoms. The molecule has 0 radical (unpaired) electrons. The quantitative estimate of drug-likeness (QED) is 0.406. The number of carbonyl (C=O) groups excluding carboxylic acids is 1. The number of aliphatic hydroxyl groups excluding tert-OH is 2. The van der Waals surface area contributed by atoms with Gasteiger partial charge in [-0.2, -0.15) is 0 Å². The average molecular weight is 437 g/mol. The summed E-state index contributed by atoms with van der Waals surface area (Å²) in [5.74, 6) is -2.89. The Bertz CT molecular complexity index is 783. The van der Waals surface area contributed by atoms with Gasteiger partial charge in [-0.1, -0.05) is 13.0 Å². The zero-order valence-corrected chi connectivity index (χ0v) is 17.8. The lowest BCUT2D eigenvalue weighted by Gasteiger charge is -2.58. The Kier molecular flexibility index (Phi) is 6.32. The molecule has 3 heterocycles. The molecule has 31 heavy (non-hydrogen) atoms. The lowest BCUT2D eigenvalue weighted by molar-refractivity contribution is -0.450. The predicted molar refractivity (Wildman–Crippen MR) is 108 cm³/mol. The van der Waals surface area contributed by atoms with Gasteiger partial charge < -0.3 is 40.2 Å². The van der Waals surface area contributed by atoms with Crippen LogP contribution in [0, 0.1) is 5.92 Å². The maximum absolute atomic E-state index is 12.7. The van der Waals surface area contributed by atoms with Crippen LogP contribution in [0.25, 0.3) is 0 Å². The minimum Gasteiger partial charge on any atom is -0.391 e. The van der Waals surface area contributed by atoms with Crippen molar-refractivity contribution in [2.75, 3.05) is 7.05 Å². The van der Waals surface area contributed by atoms with Crippen molar-refractivity contribution >= 4 is 5.91 Å². The Morgan fingerprint density at radius 3 is 2.68 bits per heavy atom. The summed E-state index contributed by atoms with van der Waals surface area (Å²) in [6.07, 6.45) is -2.79. The molecule has 3 aliphatic rings. The number of aliphatic hydroxyl groups is 3. The molecule has 3 unspecified atom stereocenters. The molecule has 4 rings (SSSR count). The first-order valence-electron chi connectivity index (χ1n) is 10.8. The van der Waals surface area contributed by atoms with E-state index < -0.39 is 60.4 Å². The van der Waals surface area contributed by atoms with Crippen molar-refractivity contribution in [3.63, 3.8) is 0 Å². The fourth-order valence-electron chi connectivity index (χ4n) is 4.97. The highest BCUT2D eigenvalue weighted by Gasteiger charge is 2.63. The van der Waals surface area contributed by atoms with E-state index >= 15 is 0 Å². The summed E-state index contributed by atoms with van der Waals surface area (Å²) in [4.78, 5) is 16.8. The smallest absolute Gasteiger partial charge is 0.270 e. The topological polar surface area (TPSA) is 142 Å². The maximum atomic E-state index is 12.7. The van der Waals surface area contributed by atoms with Gasteiger partial charge in [-0.05, 0) is 38.9 Å². The normalized spacial score (nSPS) is 44.8. The van der Waals surface area contributed by atoms with Crippen LogP contribution >= 0.6 is 0 Å². The lowest BCUT2D eigenvalue weighted by atomic mass is 9.74. The summed E-state index contributed by atoms with van der Waals surface area (Å²) in [5.41, 5.74) is 0.207. The second-order valence-corrected chi connectivity index (χ2v) is 8.56. The highest BCUT2D eigenvalue weighted by molar-refractivity contribution is 5.92. The highest BCUT2D eigenvalue weighted by Crippen LogP contribution is 2.43. The molecule has 172 valence electrons. The zero-order valence-electron chi connectivity index (χ0n) is 17.8. The summed E-state index contributed by atoms with van der Waals surface area (Å²) in [6, 6.07) is 3.53. The van der Waals surface area contributed by atoms with E-state index in [1.807, 2.05) is 6.92 Å². The number of rotatable bonds is 4. The molecule has 0 aromatic carbocycles. The molecule has 1 amide bonds. The maximum Gasteiger partial charge on any atom is 0.270 e. The van der Waals surface area contributed by atoms with Crippen molar-refractivity contribution in [2.24, 2.45) is 5.92 Å². The van der Waals surface area contributed by atoms with Gasteiger partial charge in [0.1, 0.15) is 17.9 Å². The van der Waals surface area contributed by atoms with Gasteiger partial charge in [0.25, 0.3) is 5.91 Å². The number of hydrogen-bond donors (Lipinski definition) is 5. The number of pyridine rings is 1. The molecule has 1 aliphatic carbocycles. The molecule has 2 aliphatic heterocycles. The molecule has 10 nitrogen and oxygen atoms in total. The third-order valence-electron chi connectivity index (χ3n) is 6.63. The number of nitrogens with one attached hydrogen (secondary N) is 2. The Hall–Kier alpha value is -1.66. The monoisotopic (exact) mass is 437 g/mol. The van der Waals surface area contributed by atoms with Gasteiger partial charge >= 0.3 is 0 Å². The van der Waals surface area contributed by atoms with Crippen LogP contribution in [0.3, 0.4) is 0 Å². The SMILES string of the molecule is CC[C@@H]1[C@H](O)[C@H](NC)C2O[C@]3(O)C(OC2[C@H]1O)O[C@H](C)C[C@H]3NC(=O)c1ccccn1. The van der Waals surface area contributed by atoms with E-state index in [1.54, 1.807) is 32.2 Å². The van der Waals surface area contributed by atoms with E-state index in [2.05, 4.69) is 15.6 Å². The van der Waals surface area contributed by atoms with Gasteiger partial charge in [0, 0.05) is 12.1 Å². The largest absolute Gasteiger partial charge is 0.391 e. The van der Waals surface area contributed by atoms with E-state index in [1.165, 1.54) is 6.20 Å². The zero-order chi connectivity index (χ0) is 22.3. The fraction of sp³-hybridized carbons (Fsp3) is 0.714. The van der Waals surface area contributed by atoms with E-state index in [0.717, 1.165) is 0 Å². The number of likely N-dealkylation sites (N-methyl/N-ethyl adjacent to an activating group) is 1. The second kappa shape index (κ2) is 8.70. The number of fused-ring (bicyclic) bond motifs is 2. The molecule has 0 bridgehead atoms. The molecular weight excluding hydrogens is 406 g/mol. The van der Waals surface area contributed by atoms with Gasteiger partial charge in [0.15, 0.2) is 0 Å². The van der Waals surface area contributed by atoms with Crippen molar-refractivity contribution in [1.82, 2.24) is 15.6 Å². The molecule has 2 saturated heterocycles. The van der Waals surface area contributed by atoms with Crippen LogP contribution in [0.4, 0.5) is 0 Å². The standard InChI is InChI=1S/C21H31N3O7/c1-4-11-15(25)14(22-3)17-18(16(11)26)30-20-21(28,31-17)13(9-10(2)29-20)24-19(27)12-7-5-6-8-23-12/h5-8,10-11,13-18,20,22,25-26,28H,4,9H2,1-3H3,(H,24,27)/t10-,11-,13-,14+,15+,16+,17?,18?,20?,21+/m1/s1. The first kappa shape index (κ1) is 22.5. The van der Waals surface area contributed by atoms with Gasteiger partial charge in [0.2, 0.25) is 12.1 Å². The minimum atomic E-state index is -2.01. The van der Waals surface area contributed by atoms with E-state index in [4.69, 9.17) is 14.2 Å². The van der Waals surface area contributed by atoms with Crippen LogP contribution in [0.2, 0.25) is 0 Å². The van der Waals surface area contributed by atoms with Gasteiger partial charge in [-0.15, -0.1) is 0 Å². The average Bonchev–Trinajstić information content (AvgIpc) is 2.75. The van der Waals surface area contributed by atoms with Crippen LogP contribution in [0.5, 0.6) is 0 Å². The second-order valence-electron chi connectivity index (χ2n) is 8.56. The summed E-state index contributed by atoms with van der Waals surface area (Å²) in [7, 11) is 1.68. The Morgan fingerprint density at radius 2 is 2.03 bits per heavy atom. The Morgan fingerprint density at radius 1 is 1.26 bits per heavy atom. The molecule has 10 atom stereocenters. The van der Waals surface area contributed by atoms with Crippen molar-refractivity contribution in [3.8, 4) is 0 Å². The molecule has 1 saturated carbocycles. The predicted octanol–water partition coefficient (Wildman–Crippen LogP) is -0.863. The highest BCUT2D eigenvalue weighted by atomic mass is 16.8. The molecule has 1 aromatic rings. The molecule has 10 heteroatoms. The molecule has 5 N–H and O–H groups in total. The summed E-state index contributed by atoms with van der Waals surface area (Å²) in [6.45, 7) is 3.69. The van der Waals surface area contributed by atoms with Crippen LogP contribution in [0.15, 0.2) is 24.4 Å². The number of amides is 1. The Balaban J connectivity index is 1.61. The number of ether oxygens (including phenoxy) is 3. The summed E-state index contributed by atoms with van der Waals surface area (Å²) in [5, 5.41) is 38.9.